The molecule has 3 atom stereocenters. The van der Waals surface area contributed by atoms with Crippen LogP contribution in [0, 0.1) is 5.92 Å². The zero-order valence-corrected chi connectivity index (χ0v) is 11.5. The van der Waals surface area contributed by atoms with Gasteiger partial charge in [-0.1, -0.05) is 31.8 Å². The first-order chi connectivity index (χ1) is 8.61. The van der Waals surface area contributed by atoms with Gasteiger partial charge in [0.1, 0.15) is 5.78 Å². The standard InChI is InChI=1S/C14H22N2O2/c1-4-12(10(3)17)14-15-13(16-18-14)11-7-5-6-9(2)8-11/h9,11-12H,4-8H2,1-3H3. The smallest absolute Gasteiger partial charge is 0.237 e. The fourth-order valence-corrected chi connectivity index (χ4v) is 2.86. The fraction of sp³-hybridized carbons (Fsp3) is 0.786. The van der Waals surface area contributed by atoms with Crippen molar-refractivity contribution in [1.29, 1.82) is 0 Å². The molecule has 4 nitrogen and oxygen atoms in total. The highest BCUT2D eigenvalue weighted by molar-refractivity contribution is 5.82. The largest absolute Gasteiger partial charge is 0.339 e. The Kier molecular flexibility index (Phi) is 4.15. The summed E-state index contributed by atoms with van der Waals surface area (Å²) in [7, 11) is 0. The van der Waals surface area contributed by atoms with E-state index >= 15 is 0 Å². The Bertz CT molecular complexity index is 414. The van der Waals surface area contributed by atoms with Gasteiger partial charge in [-0.25, -0.2) is 0 Å². The summed E-state index contributed by atoms with van der Waals surface area (Å²) in [5.74, 6) is 2.32. The molecule has 0 bridgehead atoms. The van der Waals surface area contributed by atoms with Crippen LogP contribution in [0.5, 0.6) is 0 Å². The quantitative estimate of drug-likeness (QED) is 0.821. The molecule has 1 aliphatic rings. The summed E-state index contributed by atoms with van der Waals surface area (Å²) in [5.41, 5.74) is 0. The van der Waals surface area contributed by atoms with E-state index in [0.29, 0.717) is 11.8 Å². The number of aromatic nitrogens is 2. The Morgan fingerprint density at radius 1 is 1.50 bits per heavy atom. The monoisotopic (exact) mass is 250 g/mol. The number of hydrogen-bond donors (Lipinski definition) is 0. The Morgan fingerprint density at radius 2 is 2.28 bits per heavy atom. The molecule has 1 heterocycles. The first kappa shape index (κ1) is 13.2. The molecule has 18 heavy (non-hydrogen) atoms. The minimum absolute atomic E-state index is 0.102. The Morgan fingerprint density at radius 3 is 2.89 bits per heavy atom. The predicted molar refractivity (Wildman–Crippen MR) is 68.4 cm³/mol. The van der Waals surface area contributed by atoms with Crippen molar-refractivity contribution in [1.82, 2.24) is 10.1 Å². The van der Waals surface area contributed by atoms with Crippen LogP contribution in [-0.4, -0.2) is 15.9 Å². The van der Waals surface area contributed by atoms with E-state index < -0.39 is 0 Å². The molecule has 0 aromatic carbocycles. The van der Waals surface area contributed by atoms with Crippen LogP contribution in [0.15, 0.2) is 4.52 Å². The summed E-state index contributed by atoms with van der Waals surface area (Å²) in [5, 5.41) is 4.09. The van der Waals surface area contributed by atoms with Gasteiger partial charge in [-0.05, 0) is 32.1 Å². The second kappa shape index (κ2) is 5.63. The molecular formula is C14H22N2O2. The molecule has 0 spiro atoms. The summed E-state index contributed by atoms with van der Waals surface area (Å²) in [6, 6.07) is 0. The van der Waals surface area contributed by atoms with Gasteiger partial charge >= 0.3 is 0 Å². The average Bonchev–Trinajstić information content (AvgIpc) is 2.79. The van der Waals surface area contributed by atoms with Crippen molar-refractivity contribution in [2.24, 2.45) is 5.92 Å². The number of carbonyl (C=O) groups excluding carboxylic acids is 1. The van der Waals surface area contributed by atoms with Crippen molar-refractivity contribution in [3.63, 3.8) is 0 Å². The zero-order chi connectivity index (χ0) is 13.1. The SMILES string of the molecule is CCC(C(C)=O)c1nc(C2CCCC(C)C2)no1. The molecule has 4 heteroatoms. The third kappa shape index (κ3) is 2.79. The van der Waals surface area contributed by atoms with Crippen molar-refractivity contribution in [3.8, 4) is 0 Å². The molecule has 0 amide bonds. The normalized spacial score (nSPS) is 25.9. The van der Waals surface area contributed by atoms with Crippen molar-refractivity contribution in [2.75, 3.05) is 0 Å². The second-order valence-electron chi connectivity index (χ2n) is 5.53. The van der Waals surface area contributed by atoms with Crippen LogP contribution in [0.25, 0.3) is 0 Å². The van der Waals surface area contributed by atoms with Gasteiger partial charge in [-0.3, -0.25) is 4.79 Å². The molecule has 3 unspecified atom stereocenters. The minimum Gasteiger partial charge on any atom is -0.339 e. The highest BCUT2D eigenvalue weighted by atomic mass is 16.5. The Labute approximate surface area is 108 Å². The third-order valence-electron chi connectivity index (χ3n) is 3.96. The molecule has 1 fully saturated rings. The molecule has 1 aromatic rings. The van der Waals surface area contributed by atoms with Crippen LogP contribution < -0.4 is 0 Å². The van der Waals surface area contributed by atoms with Gasteiger partial charge < -0.3 is 4.52 Å². The summed E-state index contributed by atoms with van der Waals surface area (Å²) in [6.07, 6.45) is 5.53. The van der Waals surface area contributed by atoms with E-state index in [1.54, 1.807) is 6.92 Å². The van der Waals surface area contributed by atoms with Gasteiger partial charge in [0.2, 0.25) is 5.89 Å². The first-order valence-corrected chi connectivity index (χ1v) is 6.95. The summed E-state index contributed by atoms with van der Waals surface area (Å²) >= 11 is 0. The lowest BCUT2D eigenvalue weighted by Crippen LogP contribution is -2.13. The molecule has 0 N–H and O–H groups in total. The number of carbonyl (C=O) groups is 1. The molecule has 1 aliphatic carbocycles. The number of nitrogens with zero attached hydrogens (tertiary/aromatic N) is 2. The van der Waals surface area contributed by atoms with Crippen LogP contribution in [0.2, 0.25) is 0 Å². The second-order valence-corrected chi connectivity index (χ2v) is 5.53. The lowest BCUT2D eigenvalue weighted by molar-refractivity contribution is -0.119. The van der Waals surface area contributed by atoms with E-state index in [4.69, 9.17) is 4.52 Å². The molecule has 0 saturated heterocycles. The van der Waals surface area contributed by atoms with E-state index in [9.17, 15) is 4.79 Å². The highest BCUT2D eigenvalue weighted by Gasteiger charge is 2.27. The van der Waals surface area contributed by atoms with Gasteiger partial charge in [0, 0.05) is 5.92 Å². The number of Topliss-reactive ketones (excluding diaryl/α,β-unsaturated/α-hetero) is 1. The van der Waals surface area contributed by atoms with Crippen LogP contribution in [-0.2, 0) is 4.79 Å². The van der Waals surface area contributed by atoms with Gasteiger partial charge in [0.25, 0.3) is 0 Å². The number of ketones is 1. The van der Waals surface area contributed by atoms with Gasteiger partial charge in [-0.15, -0.1) is 0 Å². The minimum atomic E-state index is -0.229. The maximum Gasteiger partial charge on any atom is 0.237 e. The predicted octanol–water partition coefficient (Wildman–Crippen LogP) is 3.45. The maximum absolute atomic E-state index is 11.5. The molecule has 100 valence electrons. The zero-order valence-electron chi connectivity index (χ0n) is 11.5. The van der Waals surface area contributed by atoms with Crippen molar-refractivity contribution in [2.45, 2.75) is 64.7 Å². The summed E-state index contributed by atoms with van der Waals surface area (Å²) < 4.78 is 5.29. The number of hydrogen-bond acceptors (Lipinski definition) is 4. The Hall–Kier alpha value is -1.19. The van der Waals surface area contributed by atoms with Gasteiger partial charge in [-0.2, -0.15) is 4.98 Å². The van der Waals surface area contributed by atoms with Gasteiger partial charge in [0.05, 0.1) is 5.92 Å². The van der Waals surface area contributed by atoms with Gasteiger partial charge in [0.15, 0.2) is 5.82 Å². The van der Waals surface area contributed by atoms with E-state index in [1.807, 2.05) is 6.92 Å². The van der Waals surface area contributed by atoms with E-state index in [1.165, 1.54) is 12.8 Å². The van der Waals surface area contributed by atoms with Crippen LogP contribution >= 0.6 is 0 Å². The summed E-state index contributed by atoms with van der Waals surface area (Å²) in [6.45, 7) is 5.83. The molecular weight excluding hydrogens is 228 g/mol. The lowest BCUT2D eigenvalue weighted by Gasteiger charge is -2.23. The van der Waals surface area contributed by atoms with Crippen LogP contribution in [0.3, 0.4) is 0 Å². The van der Waals surface area contributed by atoms with Crippen LogP contribution in [0.1, 0.15) is 76.4 Å². The van der Waals surface area contributed by atoms with Crippen molar-refractivity contribution < 1.29 is 9.32 Å². The number of rotatable bonds is 4. The van der Waals surface area contributed by atoms with E-state index in [0.717, 1.165) is 31.0 Å². The molecule has 0 aliphatic heterocycles. The molecule has 0 radical (unpaired) electrons. The van der Waals surface area contributed by atoms with E-state index in [2.05, 4.69) is 17.1 Å². The van der Waals surface area contributed by atoms with Crippen molar-refractivity contribution >= 4 is 5.78 Å². The molecule has 2 rings (SSSR count). The maximum atomic E-state index is 11.5. The molecule has 1 saturated carbocycles. The molecule has 1 aromatic heterocycles. The fourth-order valence-electron chi connectivity index (χ4n) is 2.86. The lowest BCUT2D eigenvalue weighted by atomic mass is 9.82. The third-order valence-corrected chi connectivity index (χ3v) is 3.96. The topological polar surface area (TPSA) is 56.0 Å². The van der Waals surface area contributed by atoms with Crippen LogP contribution in [0.4, 0.5) is 0 Å². The summed E-state index contributed by atoms with van der Waals surface area (Å²) in [4.78, 5) is 15.9. The van der Waals surface area contributed by atoms with E-state index in [-0.39, 0.29) is 11.7 Å². The first-order valence-electron chi connectivity index (χ1n) is 6.95. The van der Waals surface area contributed by atoms with Crippen molar-refractivity contribution in [3.05, 3.63) is 11.7 Å². The average molecular weight is 250 g/mol. The highest BCUT2D eigenvalue weighted by Crippen LogP contribution is 2.35. The Balaban J connectivity index is 2.12.